The number of carbonyl (C=O) groups is 2. The third-order valence-electron chi connectivity index (χ3n) is 5.69. The molecule has 1 saturated carbocycles. The van der Waals surface area contributed by atoms with Crippen LogP contribution < -0.4 is 15.5 Å². The van der Waals surface area contributed by atoms with E-state index in [1.165, 1.54) is 6.42 Å². The predicted octanol–water partition coefficient (Wildman–Crippen LogP) is 5.47. The lowest BCUT2D eigenvalue weighted by molar-refractivity contribution is -0.127. The zero-order valence-electron chi connectivity index (χ0n) is 18.8. The first-order valence-corrected chi connectivity index (χ1v) is 11.4. The van der Waals surface area contributed by atoms with E-state index in [4.69, 9.17) is 16.3 Å². The second kappa shape index (κ2) is 11.1. The highest BCUT2D eigenvalue weighted by Crippen LogP contribution is 2.25. The van der Waals surface area contributed by atoms with Gasteiger partial charge in [0, 0.05) is 16.6 Å². The number of amides is 2. The molecule has 2 aromatic rings. The molecule has 0 unspecified atom stereocenters. The summed E-state index contributed by atoms with van der Waals surface area (Å²) in [7, 11) is 0. The Labute approximate surface area is 194 Å². The van der Waals surface area contributed by atoms with Crippen LogP contribution in [0.15, 0.2) is 47.6 Å². The van der Waals surface area contributed by atoms with Crippen LogP contribution in [0, 0.1) is 12.8 Å². The number of rotatable bonds is 7. The van der Waals surface area contributed by atoms with Gasteiger partial charge < -0.3 is 10.1 Å². The van der Waals surface area contributed by atoms with E-state index in [1.54, 1.807) is 25.1 Å². The maximum absolute atomic E-state index is 12.4. The average molecular weight is 456 g/mol. The molecule has 3 rings (SSSR count). The molecule has 1 aliphatic carbocycles. The van der Waals surface area contributed by atoms with Crippen LogP contribution in [0.4, 0.5) is 5.69 Å². The van der Waals surface area contributed by atoms with Gasteiger partial charge in [-0.3, -0.25) is 9.59 Å². The van der Waals surface area contributed by atoms with Gasteiger partial charge in [0.15, 0.2) is 6.10 Å². The molecule has 0 heterocycles. The molecule has 2 aromatic carbocycles. The van der Waals surface area contributed by atoms with Gasteiger partial charge in [0.25, 0.3) is 5.91 Å². The average Bonchev–Trinajstić information content (AvgIpc) is 2.80. The molecular weight excluding hydrogens is 426 g/mol. The molecule has 0 spiro atoms. The monoisotopic (exact) mass is 455 g/mol. The van der Waals surface area contributed by atoms with Gasteiger partial charge in [-0.2, -0.15) is 5.10 Å². The van der Waals surface area contributed by atoms with Gasteiger partial charge in [0.1, 0.15) is 5.75 Å². The Balaban J connectivity index is 1.53. The first-order chi connectivity index (χ1) is 15.3. The number of hydrogen-bond acceptors (Lipinski definition) is 4. The van der Waals surface area contributed by atoms with Crippen LogP contribution in [0.2, 0.25) is 5.02 Å². The Bertz CT molecular complexity index is 982. The van der Waals surface area contributed by atoms with Crippen molar-refractivity contribution in [2.45, 2.75) is 59.0 Å². The van der Waals surface area contributed by atoms with E-state index in [-0.39, 0.29) is 17.7 Å². The Morgan fingerprint density at radius 2 is 1.78 bits per heavy atom. The highest BCUT2D eigenvalue weighted by atomic mass is 35.5. The Kier molecular flexibility index (Phi) is 8.28. The summed E-state index contributed by atoms with van der Waals surface area (Å²) in [4.78, 5) is 24.8. The summed E-state index contributed by atoms with van der Waals surface area (Å²) >= 11 is 5.96. The second-order valence-corrected chi connectivity index (χ2v) is 8.68. The number of aryl methyl sites for hydroxylation is 1. The van der Waals surface area contributed by atoms with Crippen molar-refractivity contribution in [1.29, 1.82) is 0 Å². The van der Waals surface area contributed by atoms with Gasteiger partial charge in [0.2, 0.25) is 5.91 Å². The molecule has 1 aliphatic rings. The minimum atomic E-state index is -0.719. The molecule has 0 radical (unpaired) electrons. The van der Waals surface area contributed by atoms with Crippen LogP contribution in [0.25, 0.3) is 0 Å². The van der Waals surface area contributed by atoms with Crippen molar-refractivity contribution in [3.8, 4) is 5.75 Å². The van der Waals surface area contributed by atoms with Crippen LogP contribution >= 0.6 is 11.6 Å². The van der Waals surface area contributed by atoms with Crippen molar-refractivity contribution in [2.75, 3.05) is 5.32 Å². The Morgan fingerprint density at radius 3 is 2.44 bits per heavy atom. The molecule has 0 bridgehead atoms. The minimum Gasteiger partial charge on any atom is -0.481 e. The number of ether oxygens (including phenoxy) is 1. The summed E-state index contributed by atoms with van der Waals surface area (Å²) in [6, 6.07) is 12.7. The number of benzene rings is 2. The van der Waals surface area contributed by atoms with Crippen molar-refractivity contribution in [3.05, 3.63) is 58.6 Å². The van der Waals surface area contributed by atoms with E-state index in [9.17, 15) is 9.59 Å². The van der Waals surface area contributed by atoms with Gasteiger partial charge in [0.05, 0.1) is 5.71 Å². The number of anilines is 1. The molecule has 2 amide bonds. The van der Waals surface area contributed by atoms with Gasteiger partial charge in [-0.25, -0.2) is 5.43 Å². The topological polar surface area (TPSA) is 79.8 Å². The summed E-state index contributed by atoms with van der Waals surface area (Å²) in [5.74, 6) is 0.460. The summed E-state index contributed by atoms with van der Waals surface area (Å²) in [5, 5.41) is 7.80. The zero-order chi connectivity index (χ0) is 23.1. The van der Waals surface area contributed by atoms with E-state index in [1.807, 2.05) is 38.1 Å². The van der Waals surface area contributed by atoms with Crippen LogP contribution in [0.1, 0.15) is 57.1 Å². The molecule has 2 N–H and O–H groups in total. The van der Waals surface area contributed by atoms with Crippen molar-refractivity contribution in [3.63, 3.8) is 0 Å². The fourth-order valence-electron chi connectivity index (χ4n) is 3.69. The molecule has 1 fully saturated rings. The van der Waals surface area contributed by atoms with Crippen molar-refractivity contribution in [1.82, 2.24) is 5.43 Å². The number of hydrazone groups is 1. The summed E-state index contributed by atoms with van der Waals surface area (Å²) in [6.45, 7) is 5.35. The smallest absolute Gasteiger partial charge is 0.280 e. The third-order valence-corrected chi connectivity index (χ3v) is 5.93. The van der Waals surface area contributed by atoms with Crippen LogP contribution in [0.5, 0.6) is 5.75 Å². The second-order valence-electron chi connectivity index (χ2n) is 8.24. The normalized spacial score (nSPS) is 15.7. The van der Waals surface area contributed by atoms with Crippen LogP contribution in [-0.4, -0.2) is 23.6 Å². The summed E-state index contributed by atoms with van der Waals surface area (Å²) in [5.41, 5.74) is 5.67. The molecular formula is C25H30ClN3O3. The molecule has 7 heteroatoms. The largest absolute Gasteiger partial charge is 0.481 e. The summed E-state index contributed by atoms with van der Waals surface area (Å²) in [6.07, 6.45) is 4.69. The lowest BCUT2D eigenvalue weighted by Gasteiger charge is -2.20. The van der Waals surface area contributed by atoms with E-state index >= 15 is 0 Å². The highest BCUT2D eigenvalue weighted by Gasteiger charge is 2.21. The zero-order valence-corrected chi connectivity index (χ0v) is 19.5. The molecule has 32 heavy (non-hydrogen) atoms. The molecule has 6 nitrogen and oxygen atoms in total. The van der Waals surface area contributed by atoms with Crippen molar-refractivity contribution in [2.24, 2.45) is 11.0 Å². The van der Waals surface area contributed by atoms with Gasteiger partial charge in [-0.05, 0) is 75.1 Å². The lowest BCUT2D eigenvalue weighted by Crippen LogP contribution is -2.34. The molecule has 0 aromatic heterocycles. The molecule has 1 atom stereocenters. The van der Waals surface area contributed by atoms with Gasteiger partial charge in [-0.15, -0.1) is 0 Å². The first-order valence-electron chi connectivity index (χ1n) is 11.0. The van der Waals surface area contributed by atoms with E-state index in [0.29, 0.717) is 16.5 Å². The third kappa shape index (κ3) is 6.57. The van der Waals surface area contributed by atoms with Crippen LogP contribution in [-0.2, 0) is 9.59 Å². The number of carbonyl (C=O) groups excluding carboxylic acids is 2. The predicted molar refractivity (Wildman–Crippen MR) is 128 cm³/mol. The fraction of sp³-hybridized carbons (Fsp3) is 0.400. The quantitative estimate of drug-likeness (QED) is 0.428. The molecule has 170 valence electrons. The maximum atomic E-state index is 12.4. The van der Waals surface area contributed by atoms with Crippen molar-refractivity contribution < 1.29 is 14.3 Å². The van der Waals surface area contributed by atoms with Gasteiger partial charge >= 0.3 is 0 Å². The Morgan fingerprint density at radius 1 is 1.09 bits per heavy atom. The van der Waals surface area contributed by atoms with E-state index in [2.05, 4.69) is 15.8 Å². The summed E-state index contributed by atoms with van der Waals surface area (Å²) < 4.78 is 5.72. The SMILES string of the molecule is C/C(=N\NC(=O)[C@H](C)Oc1ccc(Cl)cc1C)c1ccc(NC(=O)C2CCCCC2)cc1. The number of halogens is 1. The van der Waals surface area contributed by atoms with Crippen LogP contribution in [0.3, 0.4) is 0 Å². The van der Waals surface area contributed by atoms with Crippen molar-refractivity contribution >= 4 is 34.8 Å². The fourth-order valence-corrected chi connectivity index (χ4v) is 3.91. The lowest BCUT2D eigenvalue weighted by atomic mass is 9.88. The number of nitrogens with one attached hydrogen (secondary N) is 2. The standard InChI is InChI=1S/C25H30ClN3O3/c1-16-15-21(26)11-14-23(16)32-18(3)24(30)29-28-17(2)19-9-12-22(13-10-19)27-25(31)20-7-5-4-6-8-20/h9-15,18,20H,4-8H2,1-3H3,(H,27,31)(H,29,30)/b28-17+/t18-/m0/s1. The molecule has 0 aliphatic heterocycles. The minimum absolute atomic E-state index is 0.0972. The molecule has 0 saturated heterocycles. The number of nitrogens with zero attached hydrogens (tertiary/aromatic N) is 1. The Hall–Kier alpha value is -2.86. The first kappa shape index (κ1) is 23.8. The van der Waals surface area contributed by atoms with Gasteiger partial charge in [-0.1, -0.05) is 43.0 Å². The maximum Gasteiger partial charge on any atom is 0.280 e. The number of hydrogen-bond donors (Lipinski definition) is 2. The van der Waals surface area contributed by atoms with E-state index < -0.39 is 6.10 Å². The highest BCUT2D eigenvalue weighted by molar-refractivity contribution is 6.30. The van der Waals surface area contributed by atoms with E-state index in [0.717, 1.165) is 42.5 Å².